The third kappa shape index (κ3) is 3.32. The smallest absolute Gasteiger partial charge is 0.323 e. The van der Waals surface area contributed by atoms with Gasteiger partial charge in [0.1, 0.15) is 0 Å². The summed E-state index contributed by atoms with van der Waals surface area (Å²) in [5.74, 6) is 0. The van der Waals surface area contributed by atoms with Crippen molar-refractivity contribution >= 4 is 28.2 Å². The maximum atomic E-state index is 12.1. The number of rotatable bonds is 2. The third-order valence-electron chi connectivity index (χ3n) is 3.22. The molecular weight excluding hydrogens is 288 g/mol. The molecule has 110 valence electrons. The van der Waals surface area contributed by atoms with Gasteiger partial charge in [0.2, 0.25) is 0 Å². The topological polar surface area (TPSA) is 80.5 Å². The largest absolute Gasteiger partial charge is 0.399 e. The first-order valence-corrected chi connectivity index (χ1v) is 7.55. The van der Waals surface area contributed by atoms with Crippen molar-refractivity contribution in [1.82, 2.24) is 9.88 Å². The van der Waals surface area contributed by atoms with Crippen molar-refractivity contribution < 1.29 is 9.53 Å². The molecule has 6 nitrogen and oxygen atoms in total. The first-order chi connectivity index (χ1) is 10.2. The number of nitrogens with zero attached hydrogens (tertiary/aromatic N) is 2. The van der Waals surface area contributed by atoms with Crippen LogP contribution in [0.25, 0.3) is 11.3 Å². The second-order valence-electron chi connectivity index (χ2n) is 4.69. The minimum Gasteiger partial charge on any atom is -0.399 e. The summed E-state index contributed by atoms with van der Waals surface area (Å²) >= 11 is 1.41. The molecule has 3 rings (SSSR count). The molecule has 0 bridgehead atoms. The Kier molecular flexibility index (Phi) is 4.03. The summed E-state index contributed by atoms with van der Waals surface area (Å²) in [4.78, 5) is 18.2. The average Bonchev–Trinajstić information content (AvgIpc) is 2.97. The molecule has 2 heterocycles. The van der Waals surface area contributed by atoms with Crippen LogP contribution in [0.2, 0.25) is 0 Å². The van der Waals surface area contributed by atoms with E-state index in [0.29, 0.717) is 31.4 Å². The number of aromatic nitrogens is 1. The summed E-state index contributed by atoms with van der Waals surface area (Å²) in [6.07, 6.45) is 0. The molecule has 2 aromatic rings. The SMILES string of the molecule is Nc1ccc(-c2csc(NC(=O)N3CCOCC3)n2)cc1. The van der Waals surface area contributed by atoms with Gasteiger partial charge in [0, 0.05) is 29.7 Å². The lowest BCUT2D eigenvalue weighted by Gasteiger charge is -2.26. The van der Waals surface area contributed by atoms with Crippen molar-refractivity contribution in [1.29, 1.82) is 0 Å². The minimum absolute atomic E-state index is 0.128. The average molecular weight is 304 g/mol. The van der Waals surface area contributed by atoms with Gasteiger partial charge in [-0.2, -0.15) is 0 Å². The van der Waals surface area contributed by atoms with Gasteiger partial charge in [0.25, 0.3) is 0 Å². The third-order valence-corrected chi connectivity index (χ3v) is 3.98. The summed E-state index contributed by atoms with van der Waals surface area (Å²) < 4.78 is 5.23. The van der Waals surface area contributed by atoms with Crippen LogP contribution in [0.1, 0.15) is 0 Å². The van der Waals surface area contributed by atoms with E-state index in [-0.39, 0.29) is 6.03 Å². The van der Waals surface area contributed by atoms with Gasteiger partial charge in [-0.3, -0.25) is 5.32 Å². The highest BCUT2D eigenvalue weighted by Crippen LogP contribution is 2.25. The fourth-order valence-electron chi connectivity index (χ4n) is 2.05. The predicted molar refractivity (Wildman–Crippen MR) is 83.4 cm³/mol. The molecule has 1 aromatic carbocycles. The number of nitrogens with one attached hydrogen (secondary N) is 1. The number of carbonyl (C=O) groups is 1. The van der Waals surface area contributed by atoms with Crippen molar-refractivity contribution in [2.45, 2.75) is 0 Å². The Morgan fingerprint density at radius 3 is 2.71 bits per heavy atom. The van der Waals surface area contributed by atoms with Gasteiger partial charge in [-0.15, -0.1) is 11.3 Å². The Morgan fingerprint density at radius 1 is 1.29 bits per heavy atom. The number of ether oxygens (including phenoxy) is 1. The molecule has 1 aliphatic heterocycles. The standard InChI is InChI=1S/C14H16N4O2S/c15-11-3-1-10(2-4-11)12-9-21-13(16-12)17-14(19)18-5-7-20-8-6-18/h1-4,9H,5-8,15H2,(H,16,17,19). The van der Waals surface area contributed by atoms with E-state index in [1.807, 2.05) is 29.6 Å². The van der Waals surface area contributed by atoms with E-state index in [0.717, 1.165) is 16.9 Å². The zero-order chi connectivity index (χ0) is 14.7. The lowest BCUT2D eigenvalue weighted by Crippen LogP contribution is -2.43. The lowest BCUT2D eigenvalue weighted by molar-refractivity contribution is 0.0564. The van der Waals surface area contributed by atoms with Crippen LogP contribution in [0.3, 0.4) is 0 Å². The maximum absolute atomic E-state index is 12.1. The summed E-state index contributed by atoms with van der Waals surface area (Å²) in [7, 11) is 0. The van der Waals surface area contributed by atoms with Crippen molar-refractivity contribution in [3.05, 3.63) is 29.6 Å². The van der Waals surface area contributed by atoms with Gasteiger partial charge in [0.15, 0.2) is 5.13 Å². The van der Waals surface area contributed by atoms with E-state index >= 15 is 0 Å². The monoisotopic (exact) mass is 304 g/mol. The van der Waals surface area contributed by atoms with Crippen LogP contribution >= 0.6 is 11.3 Å². The quantitative estimate of drug-likeness (QED) is 0.834. The second-order valence-corrected chi connectivity index (χ2v) is 5.55. The Bertz CT molecular complexity index is 620. The van der Waals surface area contributed by atoms with Crippen LogP contribution in [0.4, 0.5) is 15.6 Å². The van der Waals surface area contributed by atoms with Crippen LogP contribution in [-0.4, -0.2) is 42.2 Å². The van der Waals surface area contributed by atoms with Crippen molar-refractivity contribution in [2.75, 3.05) is 37.4 Å². The summed E-state index contributed by atoms with van der Waals surface area (Å²) in [5.41, 5.74) is 8.20. The zero-order valence-corrected chi connectivity index (χ0v) is 12.2. The van der Waals surface area contributed by atoms with Crippen molar-refractivity contribution in [2.24, 2.45) is 0 Å². The van der Waals surface area contributed by atoms with E-state index in [4.69, 9.17) is 10.5 Å². The molecule has 7 heteroatoms. The van der Waals surface area contributed by atoms with Crippen LogP contribution < -0.4 is 11.1 Å². The van der Waals surface area contributed by atoms with E-state index in [2.05, 4.69) is 10.3 Å². The molecule has 1 saturated heterocycles. The molecule has 0 atom stereocenters. The number of hydrogen-bond donors (Lipinski definition) is 2. The number of benzene rings is 1. The number of amides is 2. The first-order valence-electron chi connectivity index (χ1n) is 6.67. The van der Waals surface area contributed by atoms with Crippen molar-refractivity contribution in [3.8, 4) is 11.3 Å². The normalized spacial score (nSPS) is 15.0. The van der Waals surface area contributed by atoms with Crippen LogP contribution in [-0.2, 0) is 4.74 Å². The molecule has 0 saturated carbocycles. The van der Waals surface area contributed by atoms with Crippen LogP contribution in [0, 0.1) is 0 Å². The van der Waals surface area contributed by atoms with E-state index in [1.54, 1.807) is 4.90 Å². The summed E-state index contributed by atoms with van der Waals surface area (Å²) in [5, 5.41) is 5.34. The number of urea groups is 1. The molecule has 1 fully saturated rings. The van der Waals surface area contributed by atoms with Gasteiger partial charge in [-0.25, -0.2) is 9.78 Å². The highest BCUT2D eigenvalue weighted by Gasteiger charge is 2.17. The number of nitrogens with two attached hydrogens (primary N) is 1. The second kappa shape index (κ2) is 6.11. The van der Waals surface area contributed by atoms with E-state index in [9.17, 15) is 4.79 Å². The van der Waals surface area contributed by atoms with Crippen LogP contribution in [0.15, 0.2) is 29.6 Å². The van der Waals surface area contributed by atoms with E-state index in [1.165, 1.54) is 11.3 Å². The Morgan fingerprint density at radius 2 is 2.00 bits per heavy atom. The molecule has 0 radical (unpaired) electrons. The van der Waals surface area contributed by atoms with Gasteiger partial charge < -0.3 is 15.4 Å². The highest BCUT2D eigenvalue weighted by atomic mass is 32.1. The highest BCUT2D eigenvalue weighted by molar-refractivity contribution is 7.14. The van der Waals surface area contributed by atoms with Gasteiger partial charge in [-0.05, 0) is 12.1 Å². The fraction of sp³-hybridized carbons (Fsp3) is 0.286. The molecule has 0 aliphatic carbocycles. The zero-order valence-electron chi connectivity index (χ0n) is 11.4. The number of carbonyl (C=O) groups excluding carboxylic acids is 1. The Balaban J connectivity index is 1.67. The summed E-state index contributed by atoms with van der Waals surface area (Å²) in [6, 6.07) is 7.37. The van der Waals surface area contributed by atoms with E-state index < -0.39 is 0 Å². The molecular formula is C14H16N4O2S. The first kappa shape index (κ1) is 13.8. The number of nitrogen functional groups attached to an aromatic ring is 1. The molecule has 1 aliphatic rings. The fourth-order valence-corrected chi connectivity index (χ4v) is 2.76. The molecule has 0 unspecified atom stereocenters. The lowest BCUT2D eigenvalue weighted by atomic mass is 10.1. The Labute approximate surface area is 126 Å². The summed E-state index contributed by atoms with van der Waals surface area (Å²) in [6.45, 7) is 2.40. The maximum Gasteiger partial charge on any atom is 0.323 e. The number of anilines is 2. The molecule has 1 aromatic heterocycles. The minimum atomic E-state index is -0.128. The Hall–Kier alpha value is -2.12. The van der Waals surface area contributed by atoms with Crippen LogP contribution in [0.5, 0.6) is 0 Å². The molecule has 0 spiro atoms. The van der Waals surface area contributed by atoms with Gasteiger partial charge in [-0.1, -0.05) is 12.1 Å². The molecule has 3 N–H and O–H groups in total. The van der Waals surface area contributed by atoms with Crippen molar-refractivity contribution in [3.63, 3.8) is 0 Å². The molecule has 2 amide bonds. The molecule has 21 heavy (non-hydrogen) atoms. The van der Waals surface area contributed by atoms with Gasteiger partial charge >= 0.3 is 6.03 Å². The predicted octanol–water partition coefficient (Wildman–Crippen LogP) is 2.26. The van der Waals surface area contributed by atoms with Gasteiger partial charge in [0.05, 0.1) is 18.9 Å². The number of thiazole rings is 1. The number of hydrogen-bond acceptors (Lipinski definition) is 5. The number of morpholine rings is 1.